The van der Waals surface area contributed by atoms with E-state index in [9.17, 15) is 9.18 Å². The molecule has 0 aliphatic carbocycles. The second-order valence-electron chi connectivity index (χ2n) is 4.03. The third kappa shape index (κ3) is 2.74. The molecule has 0 atom stereocenters. The minimum atomic E-state index is -0.356. The zero-order chi connectivity index (χ0) is 12.3. The molecule has 2 N–H and O–H groups in total. The van der Waals surface area contributed by atoms with E-state index in [-0.39, 0.29) is 18.3 Å². The van der Waals surface area contributed by atoms with Gasteiger partial charge in [0.05, 0.1) is 12.3 Å². The number of halogens is 1. The quantitative estimate of drug-likeness (QED) is 0.795. The van der Waals surface area contributed by atoms with Crippen molar-refractivity contribution in [3.63, 3.8) is 0 Å². The van der Waals surface area contributed by atoms with Crippen molar-refractivity contribution >= 4 is 11.6 Å². The summed E-state index contributed by atoms with van der Waals surface area (Å²) in [6.07, 6.45) is 0.376. The minimum Gasteiger partial charge on any atom is -0.392 e. The molecule has 0 saturated carbocycles. The lowest BCUT2D eigenvalue weighted by Gasteiger charge is -2.22. The average Bonchev–Trinajstić information content (AvgIpc) is 2.54. The zero-order valence-corrected chi connectivity index (χ0v) is 9.45. The van der Waals surface area contributed by atoms with Gasteiger partial charge in [0.25, 0.3) is 0 Å². The fraction of sp³-hybridized carbons (Fsp3) is 0.417. The van der Waals surface area contributed by atoms with Crippen molar-refractivity contribution in [1.29, 1.82) is 0 Å². The number of benzene rings is 1. The van der Waals surface area contributed by atoms with Gasteiger partial charge < -0.3 is 15.3 Å². The number of hydrogen-bond donors (Lipinski definition) is 2. The molecule has 1 amide bonds. The van der Waals surface area contributed by atoms with Crippen molar-refractivity contribution in [1.82, 2.24) is 5.32 Å². The number of amides is 1. The van der Waals surface area contributed by atoms with Crippen LogP contribution in [0.2, 0.25) is 0 Å². The van der Waals surface area contributed by atoms with E-state index in [0.717, 1.165) is 0 Å². The van der Waals surface area contributed by atoms with Gasteiger partial charge in [-0.1, -0.05) is 6.07 Å². The van der Waals surface area contributed by atoms with Crippen LogP contribution in [-0.2, 0) is 11.4 Å². The number of aliphatic hydroxyl groups is 1. The molecule has 0 spiro atoms. The van der Waals surface area contributed by atoms with Crippen molar-refractivity contribution in [3.05, 3.63) is 29.6 Å². The Morgan fingerprint density at radius 3 is 2.94 bits per heavy atom. The van der Waals surface area contributed by atoms with Crippen LogP contribution in [0.25, 0.3) is 0 Å². The summed E-state index contributed by atoms with van der Waals surface area (Å²) in [6.45, 7) is 1.47. The second kappa shape index (κ2) is 5.14. The molecule has 1 fully saturated rings. The van der Waals surface area contributed by atoms with E-state index in [0.29, 0.717) is 37.3 Å². The van der Waals surface area contributed by atoms with Crippen LogP contribution in [0.4, 0.5) is 10.1 Å². The predicted molar refractivity (Wildman–Crippen MR) is 62.2 cm³/mol. The van der Waals surface area contributed by atoms with E-state index in [1.807, 2.05) is 4.90 Å². The van der Waals surface area contributed by atoms with Gasteiger partial charge >= 0.3 is 0 Å². The molecule has 17 heavy (non-hydrogen) atoms. The summed E-state index contributed by atoms with van der Waals surface area (Å²) in [5.74, 6) is -0.356. The first-order valence-corrected chi connectivity index (χ1v) is 5.61. The molecular formula is C12H15FN2O2. The number of nitrogens with one attached hydrogen (secondary N) is 1. The van der Waals surface area contributed by atoms with Gasteiger partial charge in [-0.25, -0.2) is 4.39 Å². The number of anilines is 1. The number of nitrogens with zero attached hydrogens (tertiary/aromatic N) is 1. The monoisotopic (exact) mass is 238 g/mol. The van der Waals surface area contributed by atoms with Crippen LogP contribution < -0.4 is 10.2 Å². The highest BCUT2D eigenvalue weighted by Gasteiger charge is 2.16. The smallest absolute Gasteiger partial charge is 0.221 e. The predicted octanol–water partition coefficient (Wildman–Crippen LogP) is 0.644. The summed E-state index contributed by atoms with van der Waals surface area (Å²) < 4.78 is 13.8. The SMILES string of the molecule is O=C1CCN(c2ccc(CO)cc2F)CCN1. The van der Waals surface area contributed by atoms with Crippen molar-refractivity contribution in [3.8, 4) is 0 Å². The Morgan fingerprint density at radius 1 is 1.41 bits per heavy atom. The molecule has 0 aromatic heterocycles. The molecule has 1 heterocycles. The second-order valence-corrected chi connectivity index (χ2v) is 4.03. The maximum atomic E-state index is 13.8. The standard InChI is InChI=1S/C12H15FN2O2/c13-10-7-9(8-16)1-2-11(10)15-5-3-12(17)14-4-6-15/h1-2,7,16H,3-6,8H2,(H,14,17). The first kappa shape index (κ1) is 11.9. The van der Waals surface area contributed by atoms with Crippen LogP contribution in [-0.4, -0.2) is 30.6 Å². The first-order valence-electron chi connectivity index (χ1n) is 5.61. The fourth-order valence-corrected chi connectivity index (χ4v) is 1.91. The zero-order valence-electron chi connectivity index (χ0n) is 9.45. The van der Waals surface area contributed by atoms with E-state index in [1.54, 1.807) is 12.1 Å². The summed E-state index contributed by atoms with van der Waals surface area (Å²) >= 11 is 0. The lowest BCUT2D eigenvalue weighted by Crippen LogP contribution is -2.29. The lowest BCUT2D eigenvalue weighted by atomic mass is 10.2. The molecule has 2 rings (SSSR count). The topological polar surface area (TPSA) is 52.6 Å². The summed E-state index contributed by atoms with van der Waals surface area (Å²) in [4.78, 5) is 13.0. The highest BCUT2D eigenvalue weighted by Crippen LogP contribution is 2.21. The summed E-state index contributed by atoms with van der Waals surface area (Å²) in [7, 11) is 0. The molecule has 92 valence electrons. The summed E-state index contributed by atoms with van der Waals surface area (Å²) in [5, 5.41) is 11.7. The highest BCUT2D eigenvalue weighted by molar-refractivity contribution is 5.77. The molecule has 1 aliphatic heterocycles. The Bertz CT molecular complexity index is 423. The summed E-state index contributed by atoms with van der Waals surface area (Å²) in [6, 6.07) is 4.67. The number of aliphatic hydroxyl groups excluding tert-OH is 1. The van der Waals surface area contributed by atoms with E-state index in [4.69, 9.17) is 5.11 Å². The molecule has 1 saturated heterocycles. The Kier molecular flexibility index (Phi) is 3.58. The Balaban J connectivity index is 2.18. The third-order valence-electron chi connectivity index (χ3n) is 2.85. The molecular weight excluding hydrogens is 223 g/mol. The molecule has 0 radical (unpaired) electrons. The van der Waals surface area contributed by atoms with Gasteiger partial charge in [-0.3, -0.25) is 4.79 Å². The van der Waals surface area contributed by atoms with E-state index in [2.05, 4.69) is 5.32 Å². The van der Waals surface area contributed by atoms with Crippen LogP contribution in [0.3, 0.4) is 0 Å². The van der Waals surface area contributed by atoms with Crippen LogP contribution in [0.15, 0.2) is 18.2 Å². The summed E-state index contributed by atoms with van der Waals surface area (Å²) in [5.41, 5.74) is 1.04. The molecule has 1 aromatic rings. The van der Waals surface area contributed by atoms with Crippen molar-refractivity contribution in [2.75, 3.05) is 24.5 Å². The van der Waals surface area contributed by atoms with Gasteiger partial charge in [0.15, 0.2) is 0 Å². The number of hydrogen-bond acceptors (Lipinski definition) is 3. The van der Waals surface area contributed by atoms with Crippen molar-refractivity contribution in [2.24, 2.45) is 0 Å². The Morgan fingerprint density at radius 2 is 2.24 bits per heavy atom. The molecule has 4 nitrogen and oxygen atoms in total. The first-order chi connectivity index (χ1) is 8.20. The fourth-order valence-electron chi connectivity index (χ4n) is 1.91. The van der Waals surface area contributed by atoms with Gasteiger partial charge in [-0.05, 0) is 17.7 Å². The van der Waals surface area contributed by atoms with Crippen molar-refractivity contribution < 1.29 is 14.3 Å². The minimum absolute atomic E-state index is 0.000105. The third-order valence-corrected chi connectivity index (χ3v) is 2.85. The van der Waals surface area contributed by atoms with Gasteiger partial charge in [0.2, 0.25) is 5.91 Å². The van der Waals surface area contributed by atoms with Gasteiger partial charge in [-0.15, -0.1) is 0 Å². The van der Waals surface area contributed by atoms with E-state index >= 15 is 0 Å². The van der Waals surface area contributed by atoms with Crippen LogP contribution in [0.5, 0.6) is 0 Å². The molecule has 0 bridgehead atoms. The maximum Gasteiger partial charge on any atom is 0.221 e. The van der Waals surface area contributed by atoms with Crippen LogP contribution in [0.1, 0.15) is 12.0 Å². The van der Waals surface area contributed by atoms with Gasteiger partial charge in [-0.2, -0.15) is 0 Å². The van der Waals surface area contributed by atoms with Gasteiger partial charge in [0, 0.05) is 26.1 Å². The molecule has 5 heteroatoms. The van der Waals surface area contributed by atoms with Crippen LogP contribution in [0, 0.1) is 5.82 Å². The lowest BCUT2D eigenvalue weighted by molar-refractivity contribution is -0.120. The molecule has 0 unspecified atom stereocenters. The number of carbonyl (C=O) groups is 1. The van der Waals surface area contributed by atoms with E-state index in [1.165, 1.54) is 6.07 Å². The highest BCUT2D eigenvalue weighted by atomic mass is 19.1. The average molecular weight is 238 g/mol. The number of carbonyl (C=O) groups excluding carboxylic acids is 1. The largest absolute Gasteiger partial charge is 0.392 e. The molecule has 1 aromatic carbocycles. The van der Waals surface area contributed by atoms with Crippen LogP contribution >= 0.6 is 0 Å². The Labute approximate surface area is 99.0 Å². The van der Waals surface area contributed by atoms with Crippen molar-refractivity contribution in [2.45, 2.75) is 13.0 Å². The maximum absolute atomic E-state index is 13.8. The molecule has 1 aliphatic rings. The van der Waals surface area contributed by atoms with E-state index < -0.39 is 0 Å². The Hall–Kier alpha value is -1.62. The number of rotatable bonds is 2. The normalized spacial score (nSPS) is 16.6. The van der Waals surface area contributed by atoms with Gasteiger partial charge in [0.1, 0.15) is 5.82 Å².